The molecule has 0 spiro atoms. The average Bonchev–Trinajstić information content (AvgIpc) is 3.84. The third-order valence-corrected chi connectivity index (χ3v) is 12.7. The molecule has 11 rings (SSSR count). The van der Waals surface area contributed by atoms with E-state index in [4.69, 9.17) is 4.42 Å². The highest BCUT2D eigenvalue weighted by molar-refractivity contribution is 7.99. The standard InChI is InChI=1S/C55H37NOS/c1-5-18-38(19-6-1)44-28-17-29-47-52-51(58-43-24-11-4-12-25-43)37-36-50(54(52)57-53(44)47)56(41-22-9-3-10-23-41)42-34-32-40(33-35-42)55(39-20-7-2-8-21-39)48-30-15-13-26-45(48)46-27-14-16-31-49(46)55/h1-37H. The van der Waals surface area contributed by atoms with Gasteiger partial charge in [0.25, 0.3) is 0 Å². The van der Waals surface area contributed by atoms with Gasteiger partial charge in [-0.3, -0.25) is 0 Å². The number of para-hydroxylation sites is 2. The fraction of sp³-hybridized carbons (Fsp3) is 0.0182. The van der Waals surface area contributed by atoms with Gasteiger partial charge < -0.3 is 9.32 Å². The Morgan fingerprint density at radius 1 is 0.397 bits per heavy atom. The van der Waals surface area contributed by atoms with Gasteiger partial charge >= 0.3 is 0 Å². The third kappa shape index (κ3) is 5.43. The maximum Gasteiger partial charge on any atom is 0.160 e. The van der Waals surface area contributed by atoms with Crippen LogP contribution in [0.25, 0.3) is 44.2 Å². The Balaban J connectivity index is 1.13. The molecule has 2 nitrogen and oxygen atoms in total. The van der Waals surface area contributed by atoms with E-state index >= 15 is 0 Å². The molecule has 10 aromatic rings. The number of fused-ring (bicyclic) bond motifs is 6. The van der Waals surface area contributed by atoms with Gasteiger partial charge in [0.1, 0.15) is 5.58 Å². The zero-order valence-corrected chi connectivity index (χ0v) is 32.4. The van der Waals surface area contributed by atoms with Crippen LogP contribution >= 0.6 is 11.8 Å². The Morgan fingerprint density at radius 3 is 1.60 bits per heavy atom. The summed E-state index contributed by atoms with van der Waals surface area (Å²) in [5.41, 5.74) is 14.2. The van der Waals surface area contributed by atoms with Gasteiger partial charge in [-0.25, -0.2) is 0 Å². The second-order valence-electron chi connectivity index (χ2n) is 14.8. The van der Waals surface area contributed by atoms with E-state index in [2.05, 4.69) is 229 Å². The fourth-order valence-corrected chi connectivity index (χ4v) is 10.1. The van der Waals surface area contributed by atoms with E-state index in [1.807, 2.05) is 0 Å². The van der Waals surface area contributed by atoms with Crippen LogP contribution in [-0.2, 0) is 5.41 Å². The third-order valence-electron chi connectivity index (χ3n) is 11.6. The lowest BCUT2D eigenvalue weighted by atomic mass is 9.68. The first kappa shape index (κ1) is 34.2. The van der Waals surface area contributed by atoms with Crippen molar-refractivity contribution in [2.75, 3.05) is 4.90 Å². The number of hydrogen-bond donors (Lipinski definition) is 0. The maximum atomic E-state index is 7.17. The normalized spacial score (nSPS) is 12.7. The molecule has 0 bridgehead atoms. The minimum Gasteiger partial charge on any atom is -0.453 e. The smallest absolute Gasteiger partial charge is 0.160 e. The van der Waals surface area contributed by atoms with Crippen molar-refractivity contribution in [3.63, 3.8) is 0 Å². The van der Waals surface area contributed by atoms with Gasteiger partial charge in [0.15, 0.2) is 5.58 Å². The van der Waals surface area contributed by atoms with Crippen LogP contribution < -0.4 is 4.90 Å². The molecule has 0 atom stereocenters. The molecule has 1 heterocycles. The quantitative estimate of drug-likeness (QED) is 0.153. The molecule has 0 aliphatic heterocycles. The maximum absolute atomic E-state index is 7.17. The van der Waals surface area contributed by atoms with Crippen LogP contribution in [0.4, 0.5) is 17.1 Å². The Labute approximate surface area is 342 Å². The molecule has 9 aromatic carbocycles. The number of furan rings is 1. The van der Waals surface area contributed by atoms with E-state index in [1.165, 1.54) is 38.3 Å². The number of rotatable bonds is 8. The van der Waals surface area contributed by atoms with Crippen molar-refractivity contribution in [3.05, 3.63) is 247 Å². The first-order chi connectivity index (χ1) is 28.8. The van der Waals surface area contributed by atoms with Gasteiger partial charge in [-0.2, -0.15) is 0 Å². The van der Waals surface area contributed by atoms with Crippen LogP contribution in [0.15, 0.2) is 239 Å². The lowest BCUT2D eigenvalue weighted by molar-refractivity contribution is 0.669. The summed E-state index contributed by atoms with van der Waals surface area (Å²) >= 11 is 1.77. The molecule has 58 heavy (non-hydrogen) atoms. The zero-order valence-electron chi connectivity index (χ0n) is 31.6. The number of hydrogen-bond acceptors (Lipinski definition) is 3. The summed E-state index contributed by atoms with van der Waals surface area (Å²) in [5, 5.41) is 2.21. The highest BCUT2D eigenvalue weighted by Gasteiger charge is 2.45. The van der Waals surface area contributed by atoms with Crippen molar-refractivity contribution in [2.24, 2.45) is 0 Å². The summed E-state index contributed by atoms with van der Waals surface area (Å²) < 4.78 is 7.17. The van der Waals surface area contributed by atoms with Gasteiger partial charge in [-0.1, -0.05) is 188 Å². The SMILES string of the molecule is c1ccc(Sc2ccc(N(c3ccccc3)c3ccc(C4(c5ccccc5)c5ccccc5-c5ccccc54)cc3)c3oc4c(-c5ccccc5)cccc4c23)cc1. The molecular weight excluding hydrogens is 723 g/mol. The molecule has 0 unspecified atom stereocenters. The van der Waals surface area contributed by atoms with Crippen molar-refractivity contribution in [3.8, 4) is 22.3 Å². The van der Waals surface area contributed by atoms with Crippen molar-refractivity contribution < 1.29 is 4.42 Å². The largest absolute Gasteiger partial charge is 0.453 e. The molecule has 0 amide bonds. The first-order valence-corrected chi connectivity index (χ1v) is 20.6. The summed E-state index contributed by atoms with van der Waals surface area (Å²) in [5.74, 6) is 0. The minimum absolute atomic E-state index is 0.472. The average molecular weight is 760 g/mol. The number of benzene rings is 9. The Bertz CT molecular complexity index is 3020. The number of nitrogens with zero attached hydrogens (tertiary/aromatic N) is 1. The van der Waals surface area contributed by atoms with Crippen molar-refractivity contribution in [1.82, 2.24) is 0 Å². The van der Waals surface area contributed by atoms with E-state index < -0.39 is 5.41 Å². The predicted molar refractivity (Wildman–Crippen MR) is 242 cm³/mol. The number of anilines is 3. The zero-order chi connectivity index (χ0) is 38.5. The summed E-state index contributed by atoms with van der Waals surface area (Å²) in [6.07, 6.45) is 0. The fourth-order valence-electron chi connectivity index (χ4n) is 9.16. The van der Waals surface area contributed by atoms with Crippen LogP contribution in [0, 0.1) is 0 Å². The highest BCUT2D eigenvalue weighted by Crippen LogP contribution is 2.56. The monoisotopic (exact) mass is 759 g/mol. The highest BCUT2D eigenvalue weighted by atomic mass is 32.2. The summed E-state index contributed by atoms with van der Waals surface area (Å²) in [4.78, 5) is 4.68. The minimum atomic E-state index is -0.472. The van der Waals surface area contributed by atoms with Gasteiger partial charge in [0.2, 0.25) is 0 Å². The van der Waals surface area contributed by atoms with Crippen LogP contribution in [0.5, 0.6) is 0 Å². The van der Waals surface area contributed by atoms with Crippen molar-refractivity contribution in [1.29, 1.82) is 0 Å². The summed E-state index contributed by atoms with van der Waals surface area (Å²) in [6, 6.07) is 80.9. The van der Waals surface area contributed by atoms with Gasteiger partial charge in [0.05, 0.1) is 11.1 Å². The molecule has 0 saturated carbocycles. The summed E-state index contributed by atoms with van der Waals surface area (Å²) in [7, 11) is 0. The molecule has 0 fully saturated rings. The molecule has 0 radical (unpaired) electrons. The lowest BCUT2D eigenvalue weighted by Gasteiger charge is -2.34. The molecule has 1 aromatic heterocycles. The van der Waals surface area contributed by atoms with Gasteiger partial charge in [-0.15, -0.1) is 0 Å². The molecule has 3 heteroatoms. The Kier molecular flexibility index (Phi) is 8.34. The van der Waals surface area contributed by atoms with Crippen LogP contribution in [0.1, 0.15) is 22.3 Å². The van der Waals surface area contributed by atoms with Gasteiger partial charge in [-0.05, 0) is 87.5 Å². The van der Waals surface area contributed by atoms with Crippen molar-refractivity contribution in [2.45, 2.75) is 15.2 Å². The molecule has 0 N–H and O–H groups in total. The predicted octanol–water partition coefficient (Wildman–Crippen LogP) is 15.2. The lowest BCUT2D eigenvalue weighted by Crippen LogP contribution is -2.28. The molecule has 0 saturated heterocycles. The Morgan fingerprint density at radius 2 is 0.931 bits per heavy atom. The second-order valence-corrected chi connectivity index (χ2v) is 15.9. The second kappa shape index (κ2) is 14.1. The van der Waals surface area contributed by atoms with Crippen LogP contribution in [0.2, 0.25) is 0 Å². The van der Waals surface area contributed by atoms with Gasteiger partial charge in [0, 0.05) is 37.5 Å². The molecular formula is C55H37NOS. The van der Waals surface area contributed by atoms with E-state index in [9.17, 15) is 0 Å². The van der Waals surface area contributed by atoms with Crippen LogP contribution in [-0.4, -0.2) is 0 Å². The molecule has 1 aliphatic carbocycles. The summed E-state index contributed by atoms with van der Waals surface area (Å²) in [6.45, 7) is 0. The van der Waals surface area contributed by atoms with E-state index in [-0.39, 0.29) is 0 Å². The first-order valence-electron chi connectivity index (χ1n) is 19.8. The Hall–Kier alpha value is -7.07. The van der Waals surface area contributed by atoms with Crippen LogP contribution in [0.3, 0.4) is 0 Å². The topological polar surface area (TPSA) is 16.4 Å². The van der Waals surface area contributed by atoms with E-state index in [0.29, 0.717) is 0 Å². The van der Waals surface area contributed by atoms with E-state index in [0.717, 1.165) is 55.0 Å². The van der Waals surface area contributed by atoms with E-state index in [1.54, 1.807) is 11.8 Å². The van der Waals surface area contributed by atoms with Crippen molar-refractivity contribution >= 4 is 50.8 Å². The molecule has 274 valence electrons. The molecule has 1 aliphatic rings.